The molecule has 1 aromatic heterocycles. The minimum absolute atomic E-state index is 0.194. The topological polar surface area (TPSA) is 61.5 Å². The number of H-pyrrole nitrogens is 1. The van der Waals surface area contributed by atoms with E-state index in [1.807, 2.05) is 11.1 Å². The molecule has 7 heteroatoms. The number of halogens is 1. The second-order valence-corrected chi connectivity index (χ2v) is 8.60. The van der Waals surface area contributed by atoms with Gasteiger partial charge in [0.05, 0.1) is 6.20 Å². The van der Waals surface area contributed by atoms with Gasteiger partial charge in [0.1, 0.15) is 5.82 Å². The standard InChI is InChI=1S/C23H31FN4O2/c1-23(30-2,19-9-3-4-10-20(19)24)22(29)28-13-7-8-17(16-28)21-18(14-25-26-21)15-27-11-5-6-12-27/h3-4,9-10,14,17H,5-8,11-13,15-16H2,1-2H3,(H,25,26)/t17-,23+/m1/s1. The average molecular weight is 415 g/mol. The molecule has 6 nitrogen and oxygen atoms in total. The Morgan fingerprint density at radius 3 is 2.77 bits per heavy atom. The van der Waals surface area contributed by atoms with Crippen LogP contribution in [-0.2, 0) is 21.7 Å². The highest BCUT2D eigenvalue weighted by Crippen LogP contribution is 2.34. The number of likely N-dealkylation sites (tertiary alicyclic amines) is 2. The van der Waals surface area contributed by atoms with Gasteiger partial charge in [-0.1, -0.05) is 18.2 Å². The number of hydrogen-bond acceptors (Lipinski definition) is 4. The summed E-state index contributed by atoms with van der Waals surface area (Å²) in [6.07, 6.45) is 6.33. The smallest absolute Gasteiger partial charge is 0.259 e. The minimum Gasteiger partial charge on any atom is -0.364 e. The molecule has 2 fully saturated rings. The van der Waals surface area contributed by atoms with Crippen LogP contribution in [0.4, 0.5) is 4.39 Å². The van der Waals surface area contributed by atoms with Crippen LogP contribution in [0.2, 0.25) is 0 Å². The van der Waals surface area contributed by atoms with E-state index < -0.39 is 11.4 Å². The molecule has 1 aromatic carbocycles. The number of methoxy groups -OCH3 is 1. The lowest BCUT2D eigenvalue weighted by atomic mass is 9.89. The number of carbonyl (C=O) groups is 1. The van der Waals surface area contributed by atoms with Gasteiger partial charge in [-0.15, -0.1) is 0 Å². The van der Waals surface area contributed by atoms with E-state index in [1.54, 1.807) is 25.1 Å². The van der Waals surface area contributed by atoms with E-state index >= 15 is 0 Å². The summed E-state index contributed by atoms with van der Waals surface area (Å²) in [6, 6.07) is 6.35. The number of aromatic nitrogens is 2. The van der Waals surface area contributed by atoms with Gasteiger partial charge in [0, 0.05) is 49.5 Å². The van der Waals surface area contributed by atoms with Crippen molar-refractivity contribution in [1.82, 2.24) is 20.0 Å². The van der Waals surface area contributed by atoms with Crippen molar-refractivity contribution >= 4 is 5.91 Å². The fraction of sp³-hybridized carbons (Fsp3) is 0.565. The van der Waals surface area contributed by atoms with Crippen LogP contribution in [0.15, 0.2) is 30.5 Å². The highest BCUT2D eigenvalue weighted by Gasteiger charge is 2.42. The maximum Gasteiger partial charge on any atom is 0.259 e. The predicted octanol–water partition coefficient (Wildman–Crippen LogP) is 3.41. The highest BCUT2D eigenvalue weighted by molar-refractivity contribution is 5.86. The lowest BCUT2D eigenvalue weighted by molar-refractivity contribution is -0.156. The Morgan fingerprint density at radius 1 is 1.27 bits per heavy atom. The van der Waals surface area contributed by atoms with E-state index in [9.17, 15) is 9.18 Å². The number of aromatic amines is 1. The van der Waals surface area contributed by atoms with E-state index in [1.165, 1.54) is 31.6 Å². The number of nitrogens with zero attached hydrogens (tertiary/aromatic N) is 3. The molecule has 2 atom stereocenters. The molecule has 0 bridgehead atoms. The molecule has 162 valence electrons. The monoisotopic (exact) mass is 414 g/mol. The summed E-state index contributed by atoms with van der Waals surface area (Å²) in [5.41, 5.74) is 1.28. The summed E-state index contributed by atoms with van der Waals surface area (Å²) in [7, 11) is 1.47. The molecule has 0 aliphatic carbocycles. The number of amides is 1. The van der Waals surface area contributed by atoms with Crippen molar-refractivity contribution in [2.45, 2.75) is 50.7 Å². The van der Waals surface area contributed by atoms with Gasteiger partial charge < -0.3 is 9.64 Å². The van der Waals surface area contributed by atoms with Crippen molar-refractivity contribution in [2.24, 2.45) is 0 Å². The molecule has 1 amide bonds. The van der Waals surface area contributed by atoms with E-state index in [2.05, 4.69) is 15.1 Å². The molecule has 3 heterocycles. The minimum atomic E-state index is -1.35. The Kier molecular flexibility index (Phi) is 6.20. The lowest BCUT2D eigenvalue weighted by Crippen LogP contribution is -2.50. The van der Waals surface area contributed by atoms with E-state index in [0.29, 0.717) is 13.1 Å². The molecule has 4 rings (SSSR count). The van der Waals surface area contributed by atoms with Crippen LogP contribution < -0.4 is 0 Å². The summed E-state index contributed by atoms with van der Waals surface area (Å²) >= 11 is 0. The number of benzene rings is 1. The quantitative estimate of drug-likeness (QED) is 0.787. The third-order valence-electron chi connectivity index (χ3n) is 6.67. The Balaban J connectivity index is 1.52. The molecule has 0 saturated carbocycles. The Labute approximate surface area is 177 Å². The second-order valence-electron chi connectivity index (χ2n) is 8.60. The first-order chi connectivity index (χ1) is 14.5. The van der Waals surface area contributed by atoms with Gasteiger partial charge in [0.15, 0.2) is 5.60 Å². The Hall–Kier alpha value is -2.25. The van der Waals surface area contributed by atoms with Gasteiger partial charge in [-0.2, -0.15) is 5.10 Å². The van der Waals surface area contributed by atoms with Gasteiger partial charge in [-0.3, -0.25) is 14.8 Å². The maximum atomic E-state index is 14.5. The molecule has 1 N–H and O–H groups in total. The van der Waals surface area contributed by atoms with Crippen molar-refractivity contribution < 1.29 is 13.9 Å². The Morgan fingerprint density at radius 2 is 2.03 bits per heavy atom. The van der Waals surface area contributed by atoms with Crippen LogP contribution >= 0.6 is 0 Å². The molecule has 0 unspecified atom stereocenters. The molecular formula is C23H31FN4O2. The molecule has 2 saturated heterocycles. The highest BCUT2D eigenvalue weighted by atomic mass is 19.1. The van der Waals surface area contributed by atoms with Gasteiger partial charge in [-0.25, -0.2) is 4.39 Å². The molecule has 30 heavy (non-hydrogen) atoms. The summed E-state index contributed by atoms with van der Waals surface area (Å²) < 4.78 is 20.1. The van der Waals surface area contributed by atoms with Crippen LogP contribution in [0, 0.1) is 5.82 Å². The normalized spacial score (nSPS) is 22.2. The van der Waals surface area contributed by atoms with Crippen LogP contribution in [0.25, 0.3) is 0 Å². The van der Waals surface area contributed by atoms with Gasteiger partial charge in [0.2, 0.25) is 0 Å². The average Bonchev–Trinajstić information content (AvgIpc) is 3.45. The molecule has 2 aromatic rings. The number of ether oxygens (including phenoxy) is 1. The van der Waals surface area contributed by atoms with Crippen molar-refractivity contribution in [2.75, 3.05) is 33.3 Å². The number of piperidine rings is 1. The summed E-state index contributed by atoms with van der Waals surface area (Å²) in [5.74, 6) is -0.421. The molecule has 0 spiro atoms. The fourth-order valence-electron chi connectivity index (χ4n) is 4.84. The summed E-state index contributed by atoms with van der Waals surface area (Å²) in [6.45, 7) is 6.07. The third kappa shape index (κ3) is 4.01. The van der Waals surface area contributed by atoms with Crippen LogP contribution in [-0.4, -0.2) is 59.2 Å². The van der Waals surface area contributed by atoms with Crippen LogP contribution in [0.5, 0.6) is 0 Å². The fourth-order valence-corrected chi connectivity index (χ4v) is 4.84. The van der Waals surface area contributed by atoms with E-state index in [4.69, 9.17) is 4.74 Å². The number of carbonyl (C=O) groups excluding carboxylic acids is 1. The van der Waals surface area contributed by atoms with Gasteiger partial charge in [0.25, 0.3) is 5.91 Å². The lowest BCUT2D eigenvalue weighted by Gasteiger charge is -2.38. The molecular weight excluding hydrogens is 383 g/mol. The third-order valence-corrected chi connectivity index (χ3v) is 6.67. The SMILES string of the molecule is CO[C@](C)(C(=O)N1CCC[C@@H](c2[nH]ncc2CN2CCCC2)C1)c1ccccc1F. The number of nitrogens with one attached hydrogen (secondary N) is 1. The van der Waals surface area contributed by atoms with E-state index in [-0.39, 0.29) is 17.4 Å². The van der Waals surface area contributed by atoms with Crippen molar-refractivity contribution in [1.29, 1.82) is 0 Å². The zero-order valence-electron chi connectivity index (χ0n) is 17.9. The molecule has 0 radical (unpaired) electrons. The number of hydrogen-bond donors (Lipinski definition) is 1. The van der Waals surface area contributed by atoms with E-state index in [0.717, 1.165) is 38.2 Å². The zero-order valence-corrected chi connectivity index (χ0v) is 17.9. The molecule has 2 aliphatic rings. The first kappa shape index (κ1) is 21.0. The summed E-state index contributed by atoms with van der Waals surface area (Å²) in [4.78, 5) is 17.8. The Bertz CT molecular complexity index is 880. The molecule has 2 aliphatic heterocycles. The first-order valence-corrected chi connectivity index (χ1v) is 10.9. The van der Waals surface area contributed by atoms with Crippen molar-refractivity contribution in [3.8, 4) is 0 Å². The second kappa shape index (κ2) is 8.86. The van der Waals surface area contributed by atoms with Crippen molar-refractivity contribution in [3.63, 3.8) is 0 Å². The van der Waals surface area contributed by atoms with Gasteiger partial charge in [-0.05, 0) is 51.8 Å². The largest absolute Gasteiger partial charge is 0.364 e. The predicted molar refractivity (Wildman–Crippen MR) is 112 cm³/mol. The van der Waals surface area contributed by atoms with Crippen molar-refractivity contribution in [3.05, 3.63) is 53.1 Å². The number of rotatable bonds is 6. The van der Waals surface area contributed by atoms with Crippen LogP contribution in [0.1, 0.15) is 55.3 Å². The maximum absolute atomic E-state index is 14.5. The zero-order chi connectivity index (χ0) is 21.1. The van der Waals surface area contributed by atoms with Crippen LogP contribution in [0.3, 0.4) is 0 Å². The summed E-state index contributed by atoms with van der Waals surface area (Å²) in [5, 5.41) is 7.50. The van der Waals surface area contributed by atoms with Gasteiger partial charge >= 0.3 is 0 Å². The first-order valence-electron chi connectivity index (χ1n) is 10.9.